The zero-order valence-corrected chi connectivity index (χ0v) is 11.1. The highest BCUT2D eigenvalue weighted by Crippen LogP contribution is 2.20. The van der Waals surface area contributed by atoms with Crippen molar-refractivity contribution in [3.05, 3.63) is 34.4 Å². The predicted octanol–water partition coefficient (Wildman–Crippen LogP) is 1.05. The third-order valence-electron chi connectivity index (χ3n) is 3.25. The van der Waals surface area contributed by atoms with Crippen LogP contribution in [0.3, 0.4) is 0 Å². The number of amides is 1. The molecular weight excluding hydrogens is 280 g/mol. The van der Waals surface area contributed by atoms with Gasteiger partial charge in [0, 0.05) is 12.6 Å². The molecule has 1 heterocycles. The first-order valence-electron chi connectivity index (χ1n) is 6.38. The number of likely N-dealkylation sites (tertiary alicyclic amines) is 1. The van der Waals surface area contributed by atoms with E-state index in [-0.39, 0.29) is 18.0 Å². The second kappa shape index (κ2) is 6.21. The van der Waals surface area contributed by atoms with Crippen LogP contribution in [0.1, 0.15) is 12.8 Å². The fourth-order valence-corrected chi connectivity index (χ4v) is 2.24. The third-order valence-corrected chi connectivity index (χ3v) is 3.25. The van der Waals surface area contributed by atoms with Gasteiger partial charge in [0.15, 0.2) is 6.61 Å². The van der Waals surface area contributed by atoms with Crippen LogP contribution < -0.4 is 4.74 Å². The van der Waals surface area contributed by atoms with Crippen LogP contribution >= 0.6 is 0 Å². The maximum atomic E-state index is 12.0. The Morgan fingerprint density at radius 3 is 2.90 bits per heavy atom. The van der Waals surface area contributed by atoms with Crippen LogP contribution in [0.2, 0.25) is 0 Å². The van der Waals surface area contributed by atoms with Crippen LogP contribution in [-0.2, 0) is 9.59 Å². The number of carboxylic acids is 1. The number of nitro benzene ring substituents is 1. The van der Waals surface area contributed by atoms with Crippen molar-refractivity contribution < 1.29 is 24.4 Å². The molecule has 0 aliphatic carbocycles. The summed E-state index contributed by atoms with van der Waals surface area (Å²) < 4.78 is 5.21. The van der Waals surface area contributed by atoms with E-state index in [9.17, 15) is 19.7 Å². The van der Waals surface area contributed by atoms with E-state index in [1.807, 2.05) is 0 Å². The lowest BCUT2D eigenvalue weighted by atomic mass is 10.2. The molecule has 21 heavy (non-hydrogen) atoms. The van der Waals surface area contributed by atoms with Gasteiger partial charge in [-0.25, -0.2) is 4.79 Å². The number of aliphatic carboxylic acids is 1. The number of rotatable bonds is 5. The highest BCUT2D eigenvalue weighted by molar-refractivity contribution is 5.85. The molecule has 0 radical (unpaired) electrons. The number of carbonyl (C=O) groups excluding carboxylic acids is 1. The van der Waals surface area contributed by atoms with Crippen LogP contribution in [0.25, 0.3) is 0 Å². The third kappa shape index (κ3) is 3.47. The van der Waals surface area contributed by atoms with Gasteiger partial charge in [-0.3, -0.25) is 14.9 Å². The van der Waals surface area contributed by atoms with Gasteiger partial charge in [-0.15, -0.1) is 0 Å². The van der Waals surface area contributed by atoms with Crippen LogP contribution in [0, 0.1) is 10.1 Å². The van der Waals surface area contributed by atoms with Gasteiger partial charge in [0.05, 0.1) is 11.0 Å². The Kier molecular flexibility index (Phi) is 4.36. The van der Waals surface area contributed by atoms with Crippen molar-refractivity contribution in [1.29, 1.82) is 0 Å². The molecule has 1 atom stereocenters. The summed E-state index contributed by atoms with van der Waals surface area (Å²) in [6, 6.07) is 4.67. The lowest BCUT2D eigenvalue weighted by molar-refractivity contribution is -0.384. The maximum absolute atomic E-state index is 12.0. The number of nitrogens with zero attached hydrogens (tertiary/aromatic N) is 2. The van der Waals surface area contributed by atoms with Gasteiger partial charge in [-0.1, -0.05) is 6.07 Å². The van der Waals surface area contributed by atoms with Gasteiger partial charge in [-0.2, -0.15) is 0 Å². The van der Waals surface area contributed by atoms with E-state index in [4.69, 9.17) is 9.84 Å². The van der Waals surface area contributed by atoms with Gasteiger partial charge in [0.25, 0.3) is 11.6 Å². The van der Waals surface area contributed by atoms with Gasteiger partial charge >= 0.3 is 5.97 Å². The van der Waals surface area contributed by atoms with Crippen LogP contribution in [-0.4, -0.2) is 46.0 Å². The van der Waals surface area contributed by atoms with Crippen molar-refractivity contribution in [3.8, 4) is 5.75 Å². The molecule has 1 aliphatic heterocycles. The molecule has 1 saturated heterocycles. The van der Waals surface area contributed by atoms with Gasteiger partial charge in [0.2, 0.25) is 0 Å². The summed E-state index contributed by atoms with van der Waals surface area (Å²) in [5.41, 5.74) is -0.135. The molecule has 0 aromatic heterocycles. The molecule has 1 aromatic rings. The van der Waals surface area contributed by atoms with E-state index in [2.05, 4.69) is 0 Å². The summed E-state index contributed by atoms with van der Waals surface area (Å²) in [6.07, 6.45) is 1.07. The Hall–Kier alpha value is -2.64. The van der Waals surface area contributed by atoms with Crippen molar-refractivity contribution in [2.75, 3.05) is 13.2 Å². The lowest BCUT2D eigenvalue weighted by Gasteiger charge is -2.21. The van der Waals surface area contributed by atoms with Gasteiger partial charge < -0.3 is 14.7 Å². The van der Waals surface area contributed by atoms with Gasteiger partial charge in [0.1, 0.15) is 11.8 Å². The van der Waals surface area contributed by atoms with Crippen molar-refractivity contribution in [2.45, 2.75) is 18.9 Å². The Morgan fingerprint density at radius 1 is 1.48 bits per heavy atom. The molecule has 0 spiro atoms. The predicted molar refractivity (Wildman–Crippen MR) is 71.0 cm³/mol. The van der Waals surface area contributed by atoms with E-state index in [1.165, 1.54) is 29.2 Å². The summed E-state index contributed by atoms with van der Waals surface area (Å²) in [5.74, 6) is -1.27. The van der Waals surface area contributed by atoms with E-state index in [0.717, 1.165) is 0 Å². The highest BCUT2D eigenvalue weighted by Gasteiger charge is 2.33. The average molecular weight is 294 g/mol. The minimum atomic E-state index is -1.03. The molecule has 1 N–H and O–H groups in total. The zero-order chi connectivity index (χ0) is 15.4. The first-order chi connectivity index (χ1) is 9.99. The molecule has 2 rings (SSSR count). The molecule has 0 bridgehead atoms. The number of non-ortho nitro benzene ring substituents is 1. The first kappa shape index (κ1) is 14.8. The zero-order valence-electron chi connectivity index (χ0n) is 11.1. The first-order valence-corrected chi connectivity index (χ1v) is 6.38. The monoisotopic (exact) mass is 294 g/mol. The second-order valence-electron chi connectivity index (χ2n) is 4.63. The van der Waals surface area contributed by atoms with E-state index < -0.39 is 22.8 Å². The van der Waals surface area contributed by atoms with E-state index in [1.54, 1.807) is 0 Å². The van der Waals surface area contributed by atoms with Gasteiger partial charge in [-0.05, 0) is 18.9 Å². The Bertz CT molecular complexity index is 574. The highest BCUT2D eigenvalue weighted by atomic mass is 16.6. The molecule has 8 heteroatoms. The molecular formula is C13H14N2O6. The summed E-state index contributed by atoms with van der Waals surface area (Å²) in [6.45, 7) is 0.0407. The topological polar surface area (TPSA) is 110 Å². The maximum Gasteiger partial charge on any atom is 0.326 e. The number of hydrogen-bond acceptors (Lipinski definition) is 5. The molecule has 1 aliphatic rings. The number of benzene rings is 1. The van der Waals surface area contributed by atoms with Crippen molar-refractivity contribution in [1.82, 2.24) is 4.90 Å². The average Bonchev–Trinajstić information content (AvgIpc) is 2.94. The fraction of sp³-hybridized carbons (Fsp3) is 0.385. The minimum Gasteiger partial charge on any atom is -0.484 e. The number of ether oxygens (including phenoxy) is 1. The minimum absolute atomic E-state index is 0.135. The molecule has 1 amide bonds. The summed E-state index contributed by atoms with van der Waals surface area (Å²) in [5, 5.41) is 19.6. The molecule has 8 nitrogen and oxygen atoms in total. The molecule has 0 saturated carbocycles. The Balaban J connectivity index is 1.96. The lowest BCUT2D eigenvalue weighted by Crippen LogP contribution is -2.42. The number of carbonyl (C=O) groups is 2. The van der Waals surface area contributed by atoms with Crippen molar-refractivity contribution in [2.24, 2.45) is 0 Å². The SMILES string of the molecule is O=C(O)[C@H]1CCCN1C(=O)COc1cccc([N+](=O)[O-])c1. The molecule has 1 aromatic carbocycles. The van der Waals surface area contributed by atoms with Crippen molar-refractivity contribution >= 4 is 17.6 Å². The van der Waals surface area contributed by atoms with Crippen LogP contribution in [0.5, 0.6) is 5.75 Å². The van der Waals surface area contributed by atoms with Crippen LogP contribution in [0.15, 0.2) is 24.3 Å². The number of hydrogen-bond donors (Lipinski definition) is 1. The summed E-state index contributed by atoms with van der Waals surface area (Å²) in [7, 11) is 0. The molecule has 0 unspecified atom stereocenters. The number of carboxylic acid groups (broad SMARTS) is 1. The largest absolute Gasteiger partial charge is 0.484 e. The normalized spacial score (nSPS) is 17.5. The Morgan fingerprint density at radius 2 is 2.24 bits per heavy atom. The smallest absolute Gasteiger partial charge is 0.326 e. The number of nitro groups is 1. The van der Waals surface area contributed by atoms with Crippen molar-refractivity contribution in [3.63, 3.8) is 0 Å². The van der Waals surface area contributed by atoms with E-state index >= 15 is 0 Å². The molecule has 1 fully saturated rings. The fourth-order valence-electron chi connectivity index (χ4n) is 2.24. The van der Waals surface area contributed by atoms with E-state index in [0.29, 0.717) is 19.4 Å². The Labute approximate surface area is 120 Å². The van der Waals surface area contributed by atoms with Crippen LogP contribution in [0.4, 0.5) is 5.69 Å². The summed E-state index contributed by atoms with van der Waals surface area (Å²) >= 11 is 0. The second-order valence-corrected chi connectivity index (χ2v) is 4.63. The molecule has 112 valence electrons. The standard InChI is InChI=1S/C13H14N2O6/c16-12(14-6-2-5-11(14)13(17)18)8-21-10-4-1-3-9(7-10)15(19)20/h1,3-4,7,11H,2,5-6,8H2,(H,17,18)/t11-/m1/s1. The summed E-state index contributed by atoms with van der Waals surface area (Å²) in [4.78, 5) is 34.3. The quantitative estimate of drug-likeness (QED) is 0.642.